The van der Waals surface area contributed by atoms with E-state index in [1.54, 1.807) is 6.20 Å². The molecule has 2 aromatic rings. The highest BCUT2D eigenvalue weighted by Gasteiger charge is 2.00. The molecule has 2 rings (SSSR count). The summed E-state index contributed by atoms with van der Waals surface area (Å²) in [6.45, 7) is 5.88. The zero-order valence-electron chi connectivity index (χ0n) is 8.85. The molecule has 0 aliphatic heterocycles. The van der Waals surface area contributed by atoms with Crippen LogP contribution in [0.3, 0.4) is 0 Å². The average molecular weight is 198 g/mol. The van der Waals surface area contributed by atoms with E-state index >= 15 is 0 Å². The van der Waals surface area contributed by atoms with Crippen LogP contribution in [0.2, 0.25) is 0 Å². The fraction of sp³-hybridized carbons (Fsp3) is 0.154. The van der Waals surface area contributed by atoms with Gasteiger partial charge in [0.2, 0.25) is 0 Å². The van der Waals surface area contributed by atoms with Gasteiger partial charge in [0.15, 0.2) is 0 Å². The summed E-state index contributed by atoms with van der Waals surface area (Å²) in [5.41, 5.74) is 3.70. The minimum absolute atomic E-state index is 0.904. The van der Waals surface area contributed by atoms with E-state index in [2.05, 4.69) is 36.8 Å². The number of aromatic nitrogens is 2. The van der Waals surface area contributed by atoms with Crippen molar-refractivity contribution < 1.29 is 0 Å². The number of rotatable bonds is 3. The van der Waals surface area contributed by atoms with E-state index in [9.17, 15) is 0 Å². The van der Waals surface area contributed by atoms with Crippen molar-refractivity contribution in [2.75, 3.05) is 0 Å². The highest BCUT2D eigenvalue weighted by atomic mass is 15.3. The maximum Gasteiger partial charge on any atom is 0.0648 e. The van der Waals surface area contributed by atoms with E-state index < -0.39 is 0 Å². The molecule has 0 amide bonds. The first-order valence-electron chi connectivity index (χ1n) is 5.01. The standard InChI is InChI=1S/C13H14N2/c1-3-5-12-10-13(7-6-11(12)2)15-9-4-8-14-15/h3-4,6-10H,1,5H2,2H3. The van der Waals surface area contributed by atoms with Crippen LogP contribution in [-0.2, 0) is 6.42 Å². The monoisotopic (exact) mass is 198 g/mol. The van der Waals surface area contributed by atoms with Crippen molar-refractivity contribution in [3.8, 4) is 5.69 Å². The zero-order valence-corrected chi connectivity index (χ0v) is 8.85. The van der Waals surface area contributed by atoms with Crippen molar-refractivity contribution in [1.29, 1.82) is 0 Å². The molecule has 0 atom stereocenters. The van der Waals surface area contributed by atoms with Crippen LogP contribution in [0.1, 0.15) is 11.1 Å². The third-order valence-corrected chi connectivity index (χ3v) is 2.47. The Bertz CT molecular complexity index is 455. The lowest BCUT2D eigenvalue weighted by Gasteiger charge is -2.07. The van der Waals surface area contributed by atoms with Crippen molar-refractivity contribution >= 4 is 0 Å². The first-order valence-corrected chi connectivity index (χ1v) is 5.01. The highest BCUT2D eigenvalue weighted by molar-refractivity contribution is 5.40. The predicted molar refractivity (Wildman–Crippen MR) is 62.2 cm³/mol. The van der Waals surface area contributed by atoms with Gasteiger partial charge in [0.25, 0.3) is 0 Å². The maximum atomic E-state index is 4.21. The fourth-order valence-corrected chi connectivity index (χ4v) is 1.60. The molecule has 1 heterocycles. The van der Waals surface area contributed by atoms with Gasteiger partial charge >= 0.3 is 0 Å². The van der Waals surface area contributed by atoms with Gasteiger partial charge in [0.1, 0.15) is 0 Å². The topological polar surface area (TPSA) is 17.8 Å². The van der Waals surface area contributed by atoms with Crippen molar-refractivity contribution in [2.45, 2.75) is 13.3 Å². The van der Waals surface area contributed by atoms with Crippen molar-refractivity contribution in [3.63, 3.8) is 0 Å². The van der Waals surface area contributed by atoms with Gasteiger partial charge in [-0.2, -0.15) is 5.10 Å². The molecule has 0 aliphatic rings. The molecule has 0 saturated heterocycles. The summed E-state index contributed by atoms with van der Waals surface area (Å²) >= 11 is 0. The molecule has 0 aliphatic carbocycles. The van der Waals surface area contributed by atoms with Crippen LogP contribution in [0.5, 0.6) is 0 Å². The minimum Gasteiger partial charge on any atom is -0.241 e. The molecule has 2 heteroatoms. The Balaban J connectivity index is 2.42. The third kappa shape index (κ3) is 1.99. The SMILES string of the molecule is C=CCc1cc(-n2cccn2)ccc1C. The summed E-state index contributed by atoms with van der Waals surface area (Å²) in [4.78, 5) is 0. The Morgan fingerprint density at radius 2 is 2.33 bits per heavy atom. The molecule has 2 nitrogen and oxygen atoms in total. The van der Waals surface area contributed by atoms with Gasteiger partial charge in [-0.3, -0.25) is 0 Å². The second-order valence-corrected chi connectivity index (χ2v) is 3.55. The lowest BCUT2D eigenvalue weighted by Crippen LogP contribution is -1.96. The second kappa shape index (κ2) is 4.13. The molecule has 0 radical (unpaired) electrons. The van der Waals surface area contributed by atoms with Crippen LogP contribution in [-0.4, -0.2) is 9.78 Å². The lowest BCUT2D eigenvalue weighted by atomic mass is 10.1. The zero-order chi connectivity index (χ0) is 10.7. The molecule has 0 bridgehead atoms. The second-order valence-electron chi connectivity index (χ2n) is 3.55. The van der Waals surface area contributed by atoms with Gasteiger partial charge in [-0.15, -0.1) is 6.58 Å². The summed E-state index contributed by atoms with van der Waals surface area (Å²) in [5, 5.41) is 4.21. The molecule has 1 aromatic heterocycles. The predicted octanol–water partition coefficient (Wildman–Crippen LogP) is 2.91. The minimum atomic E-state index is 0.904. The number of hydrogen-bond donors (Lipinski definition) is 0. The van der Waals surface area contributed by atoms with Crippen molar-refractivity contribution in [3.05, 3.63) is 60.4 Å². The molecule has 0 spiro atoms. The van der Waals surface area contributed by atoms with Gasteiger partial charge in [0.05, 0.1) is 5.69 Å². The van der Waals surface area contributed by atoms with E-state index in [-0.39, 0.29) is 0 Å². The molecule has 0 fully saturated rings. The third-order valence-electron chi connectivity index (χ3n) is 2.47. The molecule has 76 valence electrons. The summed E-state index contributed by atoms with van der Waals surface area (Å²) in [7, 11) is 0. The number of aryl methyl sites for hydroxylation is 1. The molecule has 1 aromatic carbocycles. The fourth-order valence-electron chi connectivity index (χ4n) is 1.60. The largest absolute Gasteiger partial charge is 0.241 e. The number of allylic oxidation sites excluding steroid dienone is 1. The summed E-state index contributed by atoms with van der Waals surface area (Å²) in [6, 6.07) is 8.28. The van der Waals surface area contributed by atoms with Gasteiger partial charge in [0, 0.05) is 12.4 Å². The smallest absolute Gasteiger partial charge is 0.0648 e. The molecule has 15 heavy (non-hydrogen) atoms. The van der Waals surface area contributed by atoms with Crippen molar-refractivity contribution in [1.82, 2.24) is 9.78 Å². The van der Waals surface area contributed by atoms with Crippen molar-refractivity contribution in [2.24, 2.45) is 0 Å². The van der Waals surface area contributed by atoms with Crippen LogP contribution in [0.4, 0.5) is 0 Å². The molecule has 0 saturated carbocycles. The quantitative estimate of drug-likeness (QED) is 0.693. The van der Waals surface area contributed by atoms with E-state index in [0.29, 0.717) is 0 Å². The molecular weight excluding hydrogens is 184 g/mol. The lowest BCUT2D eigenvalue weighted by molar-refractivity contribution is 0.877. The Labute approximate surface area is 89.9 Å². The maximum absolute atomic E-state index is 4.21. The summed E-state index contributed by atoms with van der Waals surface area (Å²) < 4.78 is 1.87. The van der Waals surface area contributed by atoms with E-state index in [1.807, 2.05) is 23.0 Å². The van der Waals surface area contributed by atoms with Crippen LogP contribution < -0.4 is 0 Å². The molecule has 0 N–H and O–H groups in total. The Kier molecular flexibility index (Phi) is 2.68. The Hall–Kier alpha value is -1.83. The van der Waals surface area contributed by atoms with E-state index in [4.69, 9.17) is 0 Å². The molecule has 0 unspecified atom stereocenters. The van der Waals surface area contributed by atoms with Gasteiger partial charge < -0.3 is 0 Å². The van der Waals surface area contributed by atoms with Crippen LogP contribution in [0, 0.1) is 6.92 Å². The van der Waals surface area contributed by atoms with Crippen LogP contribution >= 0.6 is 0 Å². The molecular formula is C13H14N2. The Morgan fingerprint density at radius 3 is 3.00 bits per heavy atom. The van der Waals surface area contributed by atoms with E-state index in [0.717, 1.165) is 12.1 Å². The van der Waals surface area contributed by atoms with Gasteiger partial charge in [-0.25, -0.2) is 4.68 Å². The first kappa shape index (κ1) is 9.71. The van der Waals surface area contributed by atoms with Crippen LogP contribution in [0.25, 0.3) is 5.69 Å². The van der Waals surface area contributed by atoms with Gasteiger partial charge in [-0.05, 0) is 42.7 Å². The van der Waals surface area contributed by atoms with Crippen LogP contribution in [0.15, 0.2) is 49.3 Å². The van der Waals surface area contributed by atoms with Gasteiger partial charge in [-0.1, -0.05) is 12.1 Å². The number of nitrogens with zero attached hydrogens (tertiary/aromatic N) is 2. The van der Waals surface area contributed by atoms with E-state index in [1.165, 1.54) is 11.1 Å². The summed E-state index contributed by atoms with van der Waals surface area (Å²) in [6.07, 6.45) is 6.56. The Morgan fingerprint density at radius 1 is 1.47 bits per heavy atom. The number of benzene rings is 1. The normalized spacial score (nSPS) is 10.2. The number of hydrogen-bond acceptors (Lipinski definition) is 1. The first-order chi connectivity index (χ1) is 7.31. The average Bonchev–Trinajstić information content (AvgIpc) is 2.75. The summed E-state index contributed by atoms with van der Waals surface area (Å²) in [5.74, 6) is 0. The highest BCUT2D eigenvalue weighted by Crippen LogP contribution is 2.14.